The molecule has 8 heteroatoms. The van der Waals surface area contributed by atoms with Gasteiger partial charge in [0.2, 0.25) is 12.0 Å². The van der Waals surface area contributed by atoms with Gasteiger partial charge >= 0.3 is 5.97 Å². The van der Waals surface area contributed by atoms with Gasteiger partial charge in [-0.2, -0.15) is 0 Å². The van der Waals surface area contributed by atoms with Gasteiger partial charge in [0.05, 0.1) is 12.7 Å². The van der Waals surface area contributed by atoms with Gasteiger partial charge in [-0.3, -0.25) is 0 Å². The summed E-state index contributed by atoms with van der Waals surface area (Å²) in [6, 6.07) is 6.61. The molecule has 0 aliphatic carbocycles. The molecule has 1 aliphatic rings. The van der Waals surface area contributed by atoms with Gasteiger partial charge in [-0.15, -0.1) is 0 Å². The second-order valence-electron chi connectivity index (χ2n) is 5.03. The molecule has 0 amide bonds. The standard InChI is InChI=1S/C15H17ClO7/c16-9-4-2-1-3-8(9)5-11(15(20)21)22-13-6-10(18)14(19)12(7-17)23-13/h1-5,10,12-14,17-19H,6-7H2,(H,20,21)/b11-5-. The van der Waals surface area contributed by atoms with E-state index in [0.717, 1.165) is 0 Å². The number of aliphatic carboxylic acids is 1. The van der Waals surface area contributed by atoms with Crippen molar-refractivity contribution in [3.05, 3.63) is 40.6 Å². The minimum absolute atomic E-state index is 0.134. The van der Waals surface area contributed by atoms with E-state index in [0.29, 0.717) is 10.6 Å². The zero-order valence-corrected chi connectivity index (χ0v) is 12.8. The molecule has 1 fully saturated rings. The number of aliphatic hydroxyl groups is 3. The van der Waals surface area contributed by atoms with Gasteiger partial charge in [0.1, 0.15) is 12.2 Å². The van der Waals surface area contributed by atoms with Crippen molar-refractivity contribution in [2.75, 3.05) is 6.61 Å². The Balaban J connectivity index is 2.17. The van der Waals surface area contributed by atoms with Crippen LogP contribution in [-0.4, -0.2) is 57.6 Å². The van der Waals surface area contributed by atoms with E-state index in [9.17, 15) is 20.1 Å². The van der Waals surface area contributed by atoms with E-state index in [1.165, 1.54) is 6.08 Å². The summed E-state index contributed by atoms with van der Waals surface area (Å²) >= 11 is 5.97. The maximum atomic E-state index is 11.3. The summed E-state index contributed by atoms with van der Waals surface area (Å²) in [5.41, 5.74) is 0.446. The SMILES string of the molecule is O=C(O)/C(=C/c1ccccc1Cl)OC1CC(O)C(O)C(CO)O1. The fraction of sp³-hybridized carbons (Fsp3) is 0.400. The van der Waals surface area contributed by atoms with Crippen LogP contribution in [0.5, 0.6) is 0 Å². The molecular formula is C15H17ClO7. The predicted octanol–water partition coefficient (Wildman–Crippen LogP) is 0.611. The molecule has 126 valence electrons. The molecule has 4 N–H and O–H groups in total. The minimum atomic E-state index is -1.34. The Labute approximate surface area is 137 Å². The fourth-order valence-electron chi connectivity index (χ4n) is 2.16. The monoisotopic (exact) mass is 344 g/mol. The third-order valence-corrected chi connectivity index (χ3v) is 3.72. The summed E-state index contributed by atoms with van der Waals surface area (Å²) in [4.78, 5) is 11.3. The van der Waals surface area contributed by atoms with E-state index in [2.05, 4.69) is 0 Å². The lowest BCUT2D eigenvalue weighted by atomic mass is 10.0. The highest BCUT2D eigenvalue weighted by molar-refractivity contribution is 6.32. The lowest BCUT2D eigenvalue weighted by Crippen LogP contribution is -2.50. The third kappa shape index (κ3) is 4.43. The van der Waals surface area contributed by atoms with E-state index < -0.39 is 42.9 Å². The molecule has 23 heavy (non-hydrogen) atoms. The number of rotatable bonds is 5. The topological polar surface area (TPSA) is 116 Å². The largest absolute Gasteiger partial charge is 0.475 e. The number of aliphatic hydroxyl groups excluding tert-OH is 3. The molecule has 1 aromatic rings. The van der Waals surface area contributed by atoms with Crippen molar-refractivity contribution in [2.24, 2.45) is 0 Å². The molecule has 0 bridgehead atoms. The molecule has 4 atom stereocenters. The Morgan fingerprint density at radius 1 is 1.39 bits per heavy atom. The number of carboxylic acid groups (broad SMARTS) is 1. The van der Waals surface area contributed by atoms with Gasteiger partial charge in [-0.25, -0.2) is 4.79 Å². The summed E-state index contributed by atoms with van der Waals surface area (Å²) < 4.78 is 10.5. The quantitative estimate of drug-likeness (QED) is 0.457. The van der Waals surface area contributed by atoms with E-state index >= 15 is 0 Å². The predicted molar refractivity (Wildman–Crippen MR) is 80.5 cm³/mol. The first-order chi connectivity index (χ1) is 10.9. The minimum Gasteiger partial charge on any atom is -0.475 e. The van der Waals surface area contributed by atoms with Crippen LogP contribution >= 0.6 is 11.6 Å². The number of hydrogen-bond acceptors (Lipinski definition) is 6. The van der Waals surface area contributed by atoms with Crippen LogP contribution in [0, 0.1) is 0 Å². The average molecular weight is 345 g/mol. The highest BCUT2D eigenvalue weighted by Crippen LogP contribution is 2.25. The van der Waals surface area contributed by atoms with Crippen molar-refractivity contribution < 1.29 is 34.7 Å². The van der Waals surface area contributed by atoms with E-state index in [-0.39, 0.29) is 6.42 Å². The highest BCUT2D eigenvalue weighted by atomic mass is 35.5. The van der Waals surface area contributed by atoms with E-state index in [1.54, 1.807) is 24.3 Å². The molecule has 1 aliphatic heterocycles. The summed E-state index contributed by atoms with van der Waals surface area (Å²) in [5.74, 6) is -1.77. The van der Waals surface area contributed by atoms with Crippen LogP contribution in [-0.2, 0) is 14.3 Å². The molecule has 2 rings (SSSR count). The first-order valence-corrected chi connectivity index (χ1v) is 7.28. The molecule has 0 radical (unpaired) electrons. The van der Waals surface area contributed by atoms with Crippen LogP contribution < -0.4 is 0 Å². The summed E-state index contributed by atoms with van der Waals surface area (Å²) in [6.07, 6.45) is -3.53. The average Bonchev–Trinajstić information content (AvgIpc) is 2.51. The molecule has 0 saturated carbocycles. The van der Waals surface area contributed by atoms with Crippen LogP contribution in [0.25, 0.3) is 6.08 Å². The van der Waals surface area contributed by atoms with Crippen LogP contribution in [0.15, 0.2) is 30.0 Å². The lowest BCUT2D eigenvalue weighted by Gasteiger charge is -2.36. The van der Waals surface area contributed by atoms with Crippen LogP contribution in [0.3, 0.4) is 0 Å². The highest BCUT2D eigenvalue weighted by Gasteiger charge is 2.38. The van der Waals surface area contributed by atoms with Crippen LogP contribution in [0.1, 0.15) is 12.0 Å². The van der Waals surface area contributed by atoms with Crippen LogP contribution in [0.2, 0.25) is 5.02 Å². The van der Waals surface area contributed by atoms with Gasteiger partial charge in [0.25, 0.3) is 0 Å². The van der Waals surface area contributed by atoms with E-state index in [4.69, 9.17) is 26.2 Å². The third-order valence-electron chi connectivity index (χ3n) is 3.38. The Hall–Kier alpha value is -1.64. The van der Waals surface area contributed by atoms with Gasteiger partial charge in [0.15, 0.2) is 0 Å². The van der Waals surface area contributed by atoms with Gasteiger partial charge in [-0.05, 0) is 17.7 Å². The van der Waals surface area contributed by atoms with Crippen molar-refractivity contribution in [1.29, 1.82) is 0 Å². The molecular weight excluding hydrogens is 328 g/mol. The fourth-order valence-corrected chi connectivity index (χ4v) is 2.35. The van der Waals surface area contributed by atoms with Crippen LogP contribution in [0.4, 0.5) is 0 Å². The maximum absolute atomic E-state index is 11.3. The Morgan fingerprint density at radius 3 is 2.70 bits per heavy atom. The van der Waals surface area contributed by atoms with Gasteiger partial charge in [-0.1, -0.05) is 29.8 Å². The summed E-state index contributed by atoms with van der Waals surface area (Å²) in [5, 5.41) is 38.1. The molecule has 1 aromatic carbocycles. The Kier molecular flexibility index (Phi) is 5.97. The first kappa shape index (κ1) is 17.7. The second kappa shape index (κ2) is 7.76. The zero-order chi connectivity index (χ0) is 17.0. The molecule has 7 nitrogen and oxygen atoms in total. The van der Waals surface area contributed by atoms with Crippen molar-refractivity contribution in [3.8, 4) is 0 Å². The molecule has 0 aromatic heterocycles. The zero-order valence-electron chi connectivity index (χ0n) is 12.0. The molecule has 1 saturated heterocycles. The van der Waals surface area contributed by atoms with Gasteiger partial charge in [0, 0.05) is 11.4 Å². The Bertz CT molecular complexity index is 589. The summed E-state index contributed by atoms with van der Waals surface area (Å²) in [7, 11) is 0. The van der Waals surface area contributed by atoms with Crippen molar-refractivity contribution in [2.45, 2.75) is 31.0 Å². The smallest absolute Gasteiger partial charge is 0.371 e. The first-order valence-electron chi connectivity index (χ1n) is 6.91. The summed E-state index contributed by atoms with van der Waals surface area (Å²) in [6.45, 7) is -0.533. The molecule has 0 spiro atoms. The number of halogens is 1. The Morgan fingerprint density at radius 2 is 2.09 bits per heavy atom. The van der Waals surface area contributed by atoms with Crippen molar-refractivity contribution >= 4 is 23.6 Å². The molecule has 1 heterocycles. The van der Waals surface area contributed by atoms with E-state index in [1.807, 2.05) is 0 Å². The lowest BCUT2D eigenvalue weighted by molar-refractivity contribution is -0.246. The molecule has 4 unspecified atom stereocenters. The number of carboxylic acids is 1. The normalized spacial score (nSPS) is 28.4. The number of hydrogen-bond donors (Lipinski definition) is 4. The van der Waals surface area contributed by atoms with Gasteiger partial charge < -0.3 is 29.9 Å². The maximum Gasteiger partial charge on any atom is 0.371 e. The number of benzene rings is 1. The number of carbonyl (C=O) groups is 1. The number of ether oxygens (including phenoxy) is 2. The second-order valence-corrected chi connectivity index (χ2v) is 5.44. The van der Waals surface area contributed by atoms with Crippen molar-refractivity contribution in [1.82, 2.24) is 0 Å². The van der Waals surface area contributed by atoms with Crippen molar-refractivity contribution in [3.63, 3.8) is 0 Å².